The van der Waals surface area contributed by atoms with Crippen LogP contribution in [-0.2, 0) is 0 Å². The molecule has 1 saturated heterocycles. The van der Waals surface area contributed by atoms with Crippen LogP contribution in [0.3, 0.4) is 0 Å². The smallest absolute Gasteiger partial charge is 0.172 e. The quantitative estimate of drug-likeness (QED) is 0.365. The van der Waals surface area contributed by atoms with Crippen molar-refractivity contribution in [2.75, 3.05) is 31.6 Å². The summed E-state index contributed by atoms with van der Waals surface area (Å²) in [5, 5.41) is 12.0. The van der Waals surface area contributed by atoms with Gasteiger partial charge in [-0.05, 0) is 39.1 Å². The molecule has 0 spiro atoms. The van der Waals surface area contributed by atoms with Crippen LogP contribution in [0.5, 0.6) is 0 Å². The molecule has 1 fully saturated rings. The number of likely N-dealkylation sites (N-methyl/N-ethyl adjacent to an activating group) is 1. The lowest BCUT2D eigenvalue weighted by atomic mass is 10.1. The second-order valence-corrected chi connectivity index (χ2v) is 5.16. The Kier molecular flexibility index (Phi) is 4.27. The molecule has 1 unspecified atom stereocenters. The predicted octanol–water partition coefficient (Wildman–Crippen LogP) is 1.31. The van der Waals surface area contributed by atoms with E-state index in [9.17, 15) is 0 Å². The normalized spacial score (nSPS) is 22.3. The average Bonchev–Trinajstić information content (AvgIpc) is 2.58. The van der Waals surface area contributed by atoms with Crippen LogP contribution in [0.4, 0.5) is 5.69 Å². The summed E-state index contributed by atoms with van der Waals surface area (Å²) < 4.78 is 0. The summed E-state index contributed by atoms with van der Waals surface area (Å²) in [6.07, 6.45) is 1.12. The largest absolute Gasteiger partial charge is 0.409 e. The third kappa shape index (κ3) is 2.98. The lowest BCUT2D eigenvalue weighted by molar-refractivity contribution is 0.318. The van der Waals surface area contributed by atoms with E-state index in [1.807, 2.05) is 24.3 Å². The Morgan fingerprint density at radius 3 is 2.84 bits per heavy atom. The average molecular weight is 262 g/mol. The van der Waals surface area contributed by atoms with Gasteiger partial charge >= 0.3 is 0 Å². The highest BCUT2D eigenvalue weighted by Gasteiger charge is 2.22. The Labute approximate surface area is 114 Å². The van der Waals surface area contributed by atoms with E-state index >= 15 is 0 Å². The number of para-hydroxylation sites is 1. The number of rotatable bonds is 2. The minimum Gasteiger partial charge on any atom is -0.409 e. The third-order valence-corrected chi connectivity index (χ3v) is 3.64. The zero-order chi connectivity index (χ0) is 13.8. The van der Waals surface area contributed by atoms with Crippen LogP contribution in [0.2, 0.25) is 0 Å². The molecule has 3 N–H and O–H groups in total. The van der Waals surface area contributed by atoms with Crippen LogP contribution in [0.25, 0.3) is 0 Å². The molecular weight excluding hydrogens is 240 g/mol. The van der Waals surface area contributed by atoms with Crippen molar-refractivity contribution in [3.63, 3.8) is 0 Å². The van der Waals surface area contributed by atoms with Crippen LogP contribution in [0, 0.1) is 0 Å². The third-order valence-electron chi connectivity index (χ3n) is 3.64. The summed E-state index contributed by atoms with van der Waals surface area (Å²) in [4.78, 5) is 4.69. The van der Waals surface area contributed by atoms with E-state index < -0.39 is 0 Å². The van der Waals surface area contributed by atoms with Gasteiger partial charge in [-0.25, -0.2) is 0 Å². The minimum atomic E-state index is 0.167. The maximum atomic E-state index is 8.91. The molecule has 0 radical (unpaired) electrons. The van der Waals surface area contributed by atoms with Gasteiger partial charge in [0.2, 0.25) is 0 Å². The second kappa shape index (κ2) is 5.93. The fourth-order valence-electron chi connectivity index (χ4n) is 2.72. The molecule has 1 aliphatic heterocycles. The molecule has 5 nitrogen and oxygen atoms in total. The molecule has 0 aromatic heterocycles. The van der Waals surface area contributed by atoms with E-state index in [0.717, 1.165) is 37.3 Å². The standard InChI is InChI=1S/C14H22N4O/c1-11-10-17(2)8-5-9-18(11)13-7-4-3-6-12(13)14(15)16-19/h3-4,6-7,11,19H,5,8-10H2,1-2H3,(H2,15,16). The van der Waals surface area contributed by atoms with E-state index in [0.29, 0.717) is 6.04 Å². The molecule has 1 heterocycles. The molecule has 1 aromatic carbocycles. The van der Waals surface area contributed by atoms with Gasteiger partial charge in [-0.15, -0.1) is 0 Å². The summed E-state index contributed by atoms with van der Waals surface area (Å²) in [7, 11) is 2.15. The van der Waals surface area contributed by atoms with Gasteiger partial charge in [-0.1, -0.05) is 17.3 Å². The molecule has 2 rings (SSSR count). The minimum absolute atomic E-state index is 0.167. The molecule has 1 aliphatic rings. The first-order chi connectivity index (χ1) is 9.13. The van der Waals surface area contributed by atoms with E-state index in [2.05, 4.69) is 28.9 Å². The van der Waals surface area contributed by atoms with Crippen molar-refractivity contribution in [1.29, 1.82) is 0 Å². The van der Waals surface area contributed by atoms with Gasteiger partial charge in [0.1, 0.15) is 0 Å². The molecule has 1 atom stereocenters. The van der Waals surface area contributed by atoms with Crippen molar-refractivity contribution >= 4 is 11.5 Å². The zero-order valence-electron chi connectivity index (χ0n) is 11.6. The van der Waals surface area contributed by atoms with Crippen LogP contribution >= 0.6 is 0 Å². The van der Waals surface area contributed by atoms with Crippen molar-refractivity contribution in [3.8, 4) is 0 Å². The van der Waals surface area contributed by atoms with Gasteiger partial charge in [0.15, 0.2) is 5.84 Å². The van der Waals surface area contributed by atoms with Gasteiger partial charge in [-0.3, -0.25) is 0 Å². The Balaban J connectivity index is 2.35. The maximum absolute atomic E-state index is 8.91. The highest BCUT2D eigenvalue weighted by molar-refractivity contribution is 6.02. The number of amidine groups is 1. The van der Waals surface area contributed by atoms with Crippen LogP contribution in [0.15, 0.2) is 29.4 Å². The fraction of sp³-hybridized carbons (Fsp3) is 0.500. The molecule has 0 amide bonds. The Morgan fingerprint density at radius 2 is 2.11 bits per heavy atom. The molecular formula is C14H22N4O. The van der Waals surface area contributed by atoms with Gasteiger partial charge in [-0.2, -0.15) is 0 Å². The highest BCUT2D eigenvalue weighted by atomic mass is 16.4. The lowest BCUT2D eigenvalue weighted by Crippen LogP contribution is -2.39. The first-order valence-corrected chi connectivity index (χ1v) is 6.65. The highest BCUT2D eigenvalue weighted by Crippen LogP contribution is 2.24. The Morgan fingerprint density at radius 1 is 1.37 bits per heavy atom. The first kappa shape index (κ1) is 13.7. The summed E-state index contributed by atoms with van der Waals surface area (Å²) in [6, 6.07) is 8.23. The molecule has 5 heteroatoms. The summed E-state index contributed by atoms with van der Waals surface area (Å²) in [5.41, 5.74) is 7.61. The van der Waals surface area contributed by atoms with Gasteiger partial charge in [0.05, 0.1) is 0 Å². The first-order valence-electron chi connectivity index (χ1n) is 6.65. The van der Waals surface area contributed by atoms with Crippen LogP contribution in [0.1, 0.15) is 18.9 Å². The van der Waals surface area contributed by atoms with Gasteiger partial charge < -0.3 is 20.7 Å². The molecule has 1 aromatic rings. The van der Waals surface area contributed by atoms with Crippen molar-refractivity contribution in [1.82, 2.24) is 4.90 Å². The number of hydrogen-bond donors (Lipinski definition) is 2. The monoisotopic (exact) mass is 262 g/mol. The molecule has 19 heavy (non-hydrogen) atoms. The fourth-order valence-corrected chi connectivity index (χ4v) is 2.72. The summed E-state index contributed by atoms with van der Waals surface area (Å²) in [6.45, 7) is 5.32. The van der Waals surface area contributed by atoms with Crippen LogP contribution in [-0.4, -0.2) is 48.7 Å². The van der Waals surface area contributed by atoms with E-state index in [4.69, 9.17) is 10.9 Å². The van der Waals surface area contributed by atoms with E-state index in [-0.39, 0.29) is 5.84 Å². The van der Waals surface area contributed by atoms with Gasteiger partial charge in [0.25, 0.3) is 0 Å². The van der Waals surface area contributed by atoms with Gasteiger partial charge in [0, 0.05) is 30.4 Å². The second-order valence-electron chi connectivity index (χ2n) is 5.16. The number of nitrogens with two attached hydrogens (primary N) is 1. The predicted molar refractivity (Wildman–Crippen MR) is 77.9 cm³/mol. The summed E-state index contributed by atoms with van der Waals surface area (Å²) >= 11 is 0. The number of anilines is 1. The number of hydrogen-bond acceptors (Lipinski definition) is 4. The Hall–Kier alpha value is -1.75. The van der Waals surface area contributed by atoms with E-state index in [1.165, 1.54) is 0 Å². The zero-order valence-corrected chi connectivity index (χ0v) is 11.6. The number of benzene rings is 1. The molecule has 0 bridgehead atoms. The SMILES string of the molecule is CC1CN(C)CCCN1c1ccccc1/C(N)=N/O. The van der Waals surface area contributed by atoms with Crippen LogP contribution < -0.4 is 10.6 Å². The van der Waals surface area contributed by atoms with E-state index in [1.54, 1.807) is 0 Å². The number of nitrogens with zero attached hydrogens (tertiary/aromatic N) is 3. The summed E-state index contributed by atoms with van der Waals surface area (Å²) in [5.74, 6) is 0.167. The topological polar surface area (TPSA) is 65.1 Å². The van der Waals surface area contributed by atoms with Crippen molar-refractivity contribution in [2.24, 2.45) is 10.9 Å². The van der Waals surface area contributed by atoms with Crippen molar-refractivity contribution in [2.45, 2.75) is 19.4 Å². The maximum Gasteiger partial charge on any atom is 0.172 e. The van der Waals surface area contributed by atoms with Crippen molar-refractivity contribution in [3.05, 3.63) is 29.8 Å². The molecule has 104 valence electrons. The lowest BCUT2D eigenvalue weighted by Gasteiger charge is -2.31. The number of oxime groups is 1. The molecule has 0 aliphatic carbocycles. The molecule has 0 saturated carbocycles. The van der Waals surface area contributed by atoms with Crippen molar-refractivity contribution < 1.29 is 5.21 Å². The Bertz CT molecular complexity index is 461.